The first-order valence-electron chi connectivity index (χ1n) is 6.04. The Morgan fingerprint density at radius 2 is 1.94 bits per heavy atom. The Morgan fingerprint density at radius 1 is 1.29 bits per heavy atom. The average Bonchev–Trinajstić information content (AvgIpc) is 2.34. The minimum absolute atomic E-state index is 0.0607. The minimum Gasteiger partial charge on any atom is -0.399 e. The SMILES string of the molecule is CCCNC(=O)CN(CC)c1ccc(N)cc1. The number of benzene rings is 1. The van der Waals surface area contributed by atoms with Crippen molar-refractivity contribution >= 4 is 17.3 Å². The normalized spacial score (nSPS) is 10.0. The third-order valence-corrected chi connectivity index (χ3v) is 2.55. The molecule has 0 bridgehead atoms. The van der Waals surface area contributed by atoms with Crippen LogP contribution in [-0.2, 0) is 4.79 Å². The molecule has 1 rings (SSSR count). The van der Waals surface area contributed by atoms with Gasteiger partial charge in [-0.25, -0.2) is 0 Å². The topological polar surface area (TPSA) is 58.4 Å². The van der Waals surface area contributed by atoms with Crippen LogP contribution in [-0.4, -0.2) is 25.5 Å². The highest BCUT2D eigenvalue weighted by Gasteiger charge is 2.08. The first-order valence-corrected chi connectivity index (χ1v) is 6.04. The van der Waals surface area contributed by atoms with Gasteiger partial charge >= 0.3 is 0 Å². The van der Waals surface area contributed by atoms with Gasteiger partial charge in [0.15, 0.2) is 0 Å². The number of rotatable bonds is 6. The van der Waals surface area contributed by atoms with Crippen LogP contribution in [0.25, 0.3) is 0 Å². The lowest BCUT2D eigenvalue weighted by molar-refractivity contribution is -0.119. The van der Waals surface area contributed by atoms with Gasteiger partial charge in [-0.05, 0) is 37.6 Å². The summed E-state index contributed by atoms with van der Waals surface area (Å²) in [6.07, 6.45) is 0.958. The number of hydrogen-bond acceptors (Lipinski definition) is 3. The van der Waals surface area contributed by atoms with Gasteiger partial charge in [0.2, 0.25) is 5.91 Å². The molecule has 0 aliphatic rings. The number of carbonyl (C=O) groups excluding carboxylic acids is 1. The molecule has 0 aromatic heterocycles. The van der Waals surface area contributed by atoms with Crippen LogP contribution >= 0.6 is 0 Å². The van der Waals surface area contributed by atoms with Crippen LogP contribution in [0.2, 0.25) is 0 Å². The largest absolute Gasteiger partial charge is 0.399 e. The number of nitrogens with one attached hydrogen (secondary N) is 1. The van der Waals surface area contributed by atoms with Crippen molar-refractivity contribution in [3.05, 3.63) is 24.3 Å². The third kappa shape index (κ3) is 4.34. The molecule has 0 saturated heterocycles. The molecule has 94 valence electrons. The predicted octanol–water partition coefficient (Wildman–Crippen LogP) is 1.62. The summed E-state index contributed by atoms with van der Waals surface area (Å²) in [6, 6.07) is 7.57. The molecule has 17 heavy (non-hydrogen) atoms. The fourth-order valence-electron chi connectivity index (χ4n) is 1.56. The van der Waals surface area contributed by atoms with Crippen LogP contribution in [0.1, 0.15) is 20.3 Å². The van der Waals surface area contributed by atoms with Crippen LogP contribution < -0.4 is 16.0 Å². The molecular formula is C13H21N3O. The van der Waals surface area contributed by atoms with Crippen molar-refractivity contribution in [2.24, 2.45) is 0 Å². The second-order valence-electron chi connectivity index (χ2n) is 3.96. The zero-order chi connectivity index (χ0) is 12.7. The number of nitrogen functional groups attached to an aromatic ring is 1. The first-order chi connectivity index (χ1) is 8.17. The van der Waals surface area contributed by atoms with Crippen molar-refractivity contribution in [3.63, 3.8) is 0 Å². The Bertz CT molecular complexity index is 348. The Hall–Kier alpha value is -1.71. The van der Waals surface area contributed by atoms with Crippen molar-refractivity contribution < 1.29 is 4.79 Å². The standard InChI is InChI=1S/C13H21N3O/c1-3-9-15-13(17)10-16(4-2)12-7-5-11(14)6-8-12/h5-8H,3-4,9-10,14H2,1-2H3,(H,15,17). The first kappa shape index (κ1) is 13.4. The van der Waals surface area contributed by atoms with Crippen LogP contribution in [0.3, 0.4) is 0 Å². The molecule has 0 spiro atoms. The molecule has 0 saturated carbocycles. The maximum atomic E-state index is 11.6. The third-order valence-electron chi connectivity index (χ3n) is 2.55. The van der Waals surface area contributed by atoms with E-state index in [4.69, 9.17) is 5.73 Å². The summed E-state index contributed by atoms with van der Waals surface area (Å²) in [4.78, 5) is 13.7. The average molecular weight is 235 g/mol. The van der Waals surface area contributed by atoms with Gasteiger partial charge in [-0.2, -0.15) is 0 Å². The lowest BCUT2D eigenvalue weighted by Crippen LogP contribution is -2.37. The highest BCUT2D eigenvalue weighted by molar-refractivity contribution is 5.81. The van der Waals surface area contributed by atoms with Gasteiger partial charge in [-0.15, -0.1) is 0 Å². The van der Waals surface area contributed by atoms with Gasteiger partial charge in [-0.1, -0.05) is 6.92 Å². The molecule has 4 heteroatoms. The van der Waals surface area contributed by atoms with E-state index in [-0.39, 0.29) is 5.91 Å². The molecule has 4 nitrogen and oxygen atoms in total. The summed E-state index contributed by atoms with van der Waals surface area (Å²) in [5, 5.41) is 2.87. The lowest BCUT2D eigenvalue weighted by Gasteiger charge is -2.22. The van der Waals surface area contributed by atoms with Gasteiger partial charge in [0, 0.05) is 24.5 Å². The fourth-order valence-corrected chi connectivity index (χ4v) is 1.56. The van der Waals surface area contributed by atoms with Crippen LogP contribution in [0.4, 0.5) is 11.4 Å². The number of carbonyl (C=O) groups is 1. The van der Waals surface area contributed by atoms with Crippen molar-refractivity contribution in [1.29, 1.82) is 0 Å². The van der Waals surface area contributed by atoms with Gasteiger partial charge in [0.1, 0.15) is 0 Å². The van der Waals surface area contributed by atoms with E-state index in [2.05, 4.69) is 5.32 Å². The number of likely N-dealkylation sites (N-methyl/N-ethyl adjacent to an activating group) is 1. The van der Waals surface area contributed by atoms with Gasteiger partial charge in [0.05, 0.1) is 6.54 Å². The Labute approximate surface area is 103 Å². The minimum atomic E-state index is 0.0607. The summed E-state index contributed by atoms with van der Waals surface area (Å²) >= 11 is 0. The molecule has 0 atom stereocenters. The maximum absolute atomic E-state index is 11.6. The number of amides is 1. The lowest BCUT2D eigenvalue weighted by atomic mass is 10.2. The molecule has 1 aromatic carbocycles. The Morgan fingerprint density at radius 3 is 2.47 bits per heavy atom. The summed E-state index contributed by atoms with van der Waals surface area (Å²) < 4.78 is 0. The summed E-state index contributed by atoms with van der Waals surface area (Å²) in [5.41, 5.74) is 7.40. The maximum Gasteiger partial charge on any atom is 0.239 e. The molecule has 0 unspecified atom stereocenters. The molecular weight excluding hydrogens is 214 g/mol. The molecule has 0 aliphatic carbocycles. The highest BCUT2D eigenvalue weighted by Crippen LogP contribution is 2.15. The zero-order valence-electron chi connectivity index (χ0n) is 10.6. The predicted molar refractivity (Wildman–Crippen MR) is 72.0 cm³/mol. The van der Waals surface area contributed by atoms with Gasteiger partial charge < -0.3 is 16.0 Å². The molecule has 3 N–H and O–H groups in total. The smallest absolute Gasteiger partial charge is 0.239 e. The molecule has 0 aliphatic heterocycles. The number of nitrogens with two attached hydrogens (primary N) is 1. The van der Waals surface area contributed by atoms with E-state index in [9.17, 15) is 4.79 Å². The Balaban J connectivity index is 2.59. The monoisotopic (exact) mass is 235 g/mol. The highest BCUT2D eigenvalue weighted by atomic mass is 16.2. The number of anilines is 2. The van der Waals surface area contributed by atoms with Crippen molar-refractivity contribution in [2.45, 2.75) is 20.3 Å². The van der Waals surface area contributed by atoms with Gasteiger partial charge in [0.25, 0.3) is 0 Å². The van der Waals surface area contributed by atoms with E-state index in [0.29, 0.717) is 6.54 Å². The van der Waals surface area contributed by atoms with Crippen molar-refractivity contribution in [1.82, 2.24) is 5.32 Å². The van der Waals surface area contributed by atoms with Gasteiger partial charge in [-0.3, -0.25) is 4.79 Å². The van der Waals surface area contributed by atoms with Crippen molar-refractivity contribution in [3.8, 4) is 0 Å². The van der Waals surface area contributed by atoms with E-state index in [1.807, 2.05) is 43.0 Å². The molecule has 1 aromatic rings. The molecule has 0 radical (unpaired) electrons. The molecule has 1 amide bonds. The van der Waals surface area contributed by atoms with E-state index in [1.165, 1.54) is 0 Å². The second-order valence-corrected chi connectivity index (χ2v) is 3.96. The van der Waals surface area contributed by atoms with E-state index in [0.717, 1.165) is 30.9 Å². The Kier molecular flexibility index (Phi) is 5.33. The summed E-state index contributed by atoms with van der Waals surface area (Å²) in [6.45, 7) is 5.99. The fraction of sp³-hybridized carbons (Fsp3) is 0.462. The van der Waals surface area contributed by atoms with E-state index < -0.39 is 0 Å². The zero-order valence-corrected chi connectivity index (χ0v) is 10.6. The quantitative estimate of drug-likeness (QED) is 0.737. The summed E-state index contributed by atoms with van der Waals surface area (Å²) in [5.74, 6) is 0.0607. The second kappa shape index (κ2) is 6.78. The molecule has 0 fully saturated rings. The van der Waals surface area contributed by atoms with Crippen molar-refractivity contribution in [2.75, 3.05) is 30.3 Å². The van der Waals surface area contributed by atoms with Crippen LogP contribution in [0, 0.1) is 0 Å². The number of nitrogens with zero attached hydrogens (tertiary/aromatic N) is 1. The van der Waals surface area contributed by atoms with Crippen LogP contribution in [0.15, 0.2) is 24.3 Å². The van der Waals surface area contributed by atoms with E-state index >= 15 is 0 Å². The summed E-state index contributed by atoms with van der Waals surface area (Å²) in [7, 11) is 0. The molecule has 0 heterocycles. The number of hydrogen-bond donors (Lipinski definition) is 2. The van der Waals surface area contributed by atoms with E-state index in [1.54, 1.807) is 0 Å². The van der Waals surface area contributed by atoms with Crippen LogP contribution in [0.5, 0.6) is 0 Å².